The highest BCUT2D eigenvalue weighted by Gasteiger charge is 2.31. The Bertz CT molecular complexity index is 756. The average Bonchev–Trinajstić information content (AvgIpc) is 3.06. The van der Waals surface area contributed by atoms with E-state index in [0.717, 1.165) is 56.2 Å². The third kappa shape index (κ3) is 3.15. The zero-order valence-electron chi connectivity index (χ0n) is 15.1. The highest BCUT2D eigenvalue weighted by atomic mass is 16.3. The quantitative estimate of drug-likeness (QED) is 0.928. The van der Waals surface area contributed by atoms with E-state index in [0.29, 0.717) is 0 Å². The first-order chi connectivity index (χ1) is 12.1. The second-order valence-electron chi connectivity index (χ2n) is 7.42. The molecule has 0 bridgehead atoms. The van der Waals surface area contributed by atoms with Crippen LogP contribution in [0, 0.1) is 12.8 Å². The fraction of sp³-hybridized carbons (Fsp3) is 0.632. The van der Waals surface area contributed by atoms with Crippen LogP contribution in [0.15, 0.2) is 12.4 Å². The minimum atomic E-state index is -0.526. The Balaban J connectivity index is 1.60. The van der Waals surface area contributed by atoms with Crippen molar-refractivity contribution in [3.05, 3.63) is 35.3 Å². The van der Waals surface area contributed by atoms with Gasteiger partial charge in [-0.1, -0.05) is 0 Å². The van der Waals surface area contributed by atoms with Gasteiger partial charge in [-0.25, -0.2) is 15.0 Å². The molecule has 1 fully saturated rings. The van der Waals surface area contributed by atoms with Gasteiger partial charge in [0.1, 0.15) is 23.6 Å². The lowest BCUT2D eigenvalue weighted by Gasteiger charge is -2.37. The minimum absolute atomic E-state index is 0.185. The average molecular weight is 341 g/mol. The van der Waals surface area contributed by atoms with Crippen molar-refractivity contribution in [1.82, 2.24) is 19.5 Å². The van der Waals surface area contributed by atoms with Crippen molar-refractivity contribution >= 4 is 5.82 Å². The normalized spacial score (nSPS) is 21.9. The van der Waals surface area contributed by atoms with Crippen LogP contribution < -0.4 is 4.90 Å². The van der Waals surface area contributed by atoms with E-state index in [2.05, 4.69) is 14.9 Å². The first kappa shape index (κ1) is 16.5. The summed E-state index contributed by atoms with van der Waals surface area (Å²) in [5.41, 5.74) is 2.57. The fourth-order valence-corrected chi connectivity index (χ4v) is 4.29. The molecule has 25 heavy (non-hydrogen) atoms. The number of aromatic nitrogens is 4. The lowest BCUT2D eigenvalue weighted by atomic mass is 9.90. The van der Waals surface area contributed by atoms with Crippen LogP contribution in [-0.4, -0.2) is 37.7 Å². The molecule has 2 atom stereocenters. The summed E-state index contributed by atoms with van der Waals surface area (Å²) in [6.07, 6.45) is 9.81. The highest BCUT2D eigenvalue weighted by Crippen LogP contribution is 2.34. The number of fused-ring (bicyclic) bond motifs is 1. The van der Waals surface area contributed by atoms with E-state index in [1.165, 1.54) is 24.1 Å². The molecule has 1 saturated heterocycles. The molecule has 3 heterocycles. The molecule has 6 heteroatoms. The van der Waals surface area contributed by atoms with Gasteiger partial charge in [0.15, 0.2) is 0 Å². The van der Waals surface area contributed by atoms with Gasteiger partial charge in [0.2, 0.25) is 0 Å². The molecule has 134 valence electrons. The topological polar surface area (TPSA) is 67.1 Å². The van der Waals surface area contributed by atoms with Crippen molar-refractivity contribution in [1.29, 1.82) is 0 Å². The molecule has 4 rings (SSSR count). The Morgan fingerprint density at radius 3 is 2.84 bits per heavy atom. The summed E-state index contributed by atoms with van der Waals surface area (Å²) < 4.78 is 1.92. The third-order valence-corrected chi connectivity index (χ3v) is 5.60. The molecule has 1 aliphatic carbocycles. The summed E-state index contributed by atoms with van der Waals surface area (Å²) in [5.74, 6) is 2.92. The van der Waals surface area contributed by atoms with Gasteiger partial charge in [-0.15, -0.1) is 0 Å². The standard InChI is InChI=1S/C19H27N5O/c1-13-21-16-8-4-3-7-15(16)18(22-13)24-10-5-6-14(12-24)17(25)19-20-9-11-23(19)2/h9,11,14,17,25H,3-8,10,12H2,1-2H3/t14-,17+/m0/s1. The maximum Gasteiger partial charge on any atom is 0.137 e. The molecule has 6 nitrogen and oxygen atoms in total. The fourth-order valence-electron chi connectivity index (χ4n) is 4.29. The smallest absolute Gasteiger partial charge is 0.137 e. The molecule has 1 aliphatic heterocycles. The molecule has 2 aliphatic rings. The Labute approximate surface area is 148 Å². The minimum Gasteiger partial charge on any atom is -0.385 e. The van der Waals surface area contributed by atoms with Crippen LogP contribution in [0.1, 0.15) is 54.7 Å². The van der Waals surface area contributed by atoms with Gasteiger partial charge in [-0.3, -0.25) is 0 Å². The predicted octanol–water partition coefficient (Wildman–Crippen LogP) is 2.35. The van der Waals surface area contributed by atoms with Crippen molar-refractivity contribution in [2.45, 2.75) is 51.6 Å². The summed E-state index contributed by atoms with van der Waals surface area (Å²) in [6.45, 7) is 3.83. The first-order valence-electron chi connectivity index (χ1n) is 9.40. The van der Waals surface area contributed by atoms with Crippen LogP contribution in [0.25, 0.3) is 0 Å². The number of imidazole rings is 1. The van der Waals surface area contributed by atoms with E-state index in [1.807, 2.05) is 24.7 Å². The summed E-state index contributed by atoms with van der Waals surface area (Å²) in [4.78, 5) is 16.2. The van der Waals surface area contributed by atoms with Gasteiger partial charge in [0, 0.05) is 49.7 Å². The van der Waals surface area contributed by atoms with Gasteiger partial charge < -0.3 is 14.6 Å². The molecule has 0 radical (unpaired) electrons. The zero-order chi connectivity index (χ0) is 17.4. The number of aryl methyl sites for hydroxylation is 3. The SMILES string of the molecule is Cc1nc2c(c(N3CCC[C@H]([C@@H](O)c4nccn4C)C3)n1)CCCC2. The number of piperidine rings is 1. The van der Waals surface area contributed by atoms with Crippen LogP contribution in [0.5, 0.6) is 0 Å². The van der Waals surface area contributed by atoms with E-state index in [1.54, 1.807) is 6.20 Å². The molecule has 0 spiro atoms. The van der Waals surface area contributed by atoms with Crippen LogP contribution in [0.3, 0.4) is 0 Å². The van der Waals surface area contributed by atoms with Crippen molar-refractivity contribution in [2.24, 2.45) is 13.0 Å². The lowest BCUT2D eigenvalue weighted by molar-refractivity contribution is 0.0873. The van der Waals surface area contributed by atoms with Crippen LogP contribution >= 0.6 is 0 Å². The van der Waals surface area contributed by atoms with E-state index in [9.17, 15) is 5.11 Å². The monoisotopic (exact) mass is 341 g/mol. The number of aliphatic hydroxyl groups excluding tert-OH is 1. The Morgan fingerprint density at radius 1 is 1.20 bits per heavy atom. The maximum atomic E-state index is 10.8. The van der Waals surface area contributed by atoms with E-state index in [4.69, 9.17) is 4.98 Å². The van der Waals surface area contributed by atoms with E-state index in [-0.39, 0.29) is 5.92 Å². The molecule has 0 amide bonds. The molecule has 0 saturated carbocycles. The van der Waals surface area contributed by atoms with Gasteiger partial charge in [0.25, 0.3) is 0 Å². The molecule has 0 unspecified atom stereocenters. The van der Waals surface area contributed by atoms with E-state index < -0.39 is 6.10 Å². The number of hydrogen-bond acceptors (Lipinski definition) is 5. The molecular weight excluding hydrogens is 314 g/mol. The number of rotatable bonds is 3. The summed E-state index contributed by atoms with van der Waals surface area (Å²) >= 11 is 0. The lowest BCUT2D eigenvalue weighted by Crippen LogP contribution is -2.39. The van der Waals surface area contributed by atoms with E-state index >= 15 is 0 Å². The van der Waals surface area contributed by atoms with Crippen molar-refractivity contribution in [2.75, 3.05) is 18.0 Å². The molecule has 2 aromatic rings. The van der Waals surface area contributed by atoms with Crippen molar-refractivity contribution in [3.63, 3.8) is 0 Å². The van der Waals surface area contributed by atoms with Gasteiger partial charge in [-0.05, 0) is 45.4 Å². The molecule has 0 aromatic carbocycles. The van der Waals surface area contributed by atoms with Gasteiger partial charge >= 0.3 is 0 Å². The highest BCUT2D eigenvalue weighted by molar-refractivity contribution is 5.50. The van der Waals surface area contributed by atoms with Crippen molar-refractivity contribution in [3.8, 4) is 0 Å². The third-order valence-electron chi connectivity index (χ3n) is 5.60. The van der Waals surface area contributed by atoms with Crippen molar-refractivity contribution < 1.29 is 5.11 Å². The van der Waals surface area contributed by atoms with Crippen LogP contribution in [-0.2, 0) is 19.9 Å². The molecule has 2 aromatic heterocycles. The second-order valence-corrected chi connectivity index (χ2v) is 7.42. The summed E-state index contributed by atoms with van der Waals surface area (Å²) in [5, 5.41) is 10.8. The summed E-state index contributed by atoms with van der Waals surface area (Å²) in [7, 11) is 1.94. The Morgan fingerprint density at radius 2 is 2.04 bits per heavy atom. The van der Waals surface area contributed by atoms with Crippen LogP contribution in [0.4, 0.5) is 5.82 Å². The number of hydrogen-bond donors (Lipinski definition) is 1. The predicted molar refractivity (Wildman–Crippen MR) is 96.5 cm³/mol. The first-order valence-corrected chi connectivity index (χ1v) is 9.40. The maximum absolute atomic E-state index is 10.8. The number of aliphatic hydroxyl groups is 1. The Kier molecular flexibility index (Phi) is 4.46. The summed E-state index contributed by atoms with van der Waals surface area (Å²) in [6, 6.07) is 0. The molecular formula is C19H27N5O. The Hall–Kier alpha value is -1.95. The number of nitrogens with zero attached hydrogens (tertiary/aromatic N) is 5. The largest absolute Gasteiger partial charge is 0.385 e. The van der Waals surface area contributed by atoms with Gasteiger partial charge in [-0.2, -0.15) is 0 Å². The zero-order valence-corrected chi connectivity index (χ0v) is 15.1. The van der Waals surface area contributed by atoms with Crippen LogP contribution in [0.2, 0.25) is 0 Å². The van der Waals surface area contributed by atoms with Gasteiger partial charge in [0.05, 0.1) is 0 Å². The molecule has 1 N–H and O–H groups in total. The number of anilines is 1. The second kappa shape index (κ2) is 6.75.